The van der Waals surface area contributed by atoms with Gasteiger partial charge in [-0.15, -0.1) is 0 Å². The monoisotopic (exact) mass is 250 g/mol. The van der Waals surface area contributed by atoms with Gasteiger partial charge in [0.2, 0.25) is 5.88 Å². The quantitative estimate of drug-likeness (QED) is 0.702. The van der Waals surface area contributed by atoms with E-state index in [1.165, 1.54) is 6.21 Å². The molecule has 1 heterocycles. The highest BCUT2D eigenvalue weighted by atomic mass is 19.1. The van der Waals surface area contributed by atoms with Crippen LogP contribution in [-0.4, -0.2) is 25.6 Å². The first-order valence-electron chi connectivity index (χ1n) is 5.98. The first kappa shape index (κ1) is 14.4. The molecule has 0 bridgehead atoms. The van der Waals surface area contributed by atoms with Crippen LogP contribution in [0.2, 0.25) is 0 Å². The molecule has 0 saturated heterocycles. The second kappa shape index (κ2) is 7.58. The molecule has 3 nitrogen and oxygen atoms in total. The summed E-state index contributed by atoms with van der Waals surface area (Å²) in [6, 6.07) is 0. The maximum atomic E-state index is 13.4. The van der Waals surface area contributed by atoms with E-state index in [-0.39, 0.29) is 5.83 Å². The van der Waals surface area contributed by atoms with Crippen molar-refractivity contribution in [3.05, 3.63) is 35.5 Å². The molecule has 1 aliphatic rings. The molecule has 18 heavy (non-hydrogen) atoms. The Balaban J connectivity index is 2.63. The zero-order chi connectivity index (χ0) is 13.4. The Hall–Kier alpha value is -1.71. The summed E-state index contributed by atoms with van der Waals surface area (Å²) in [6.07, 6.45) is 8.27. The molecule has 1 aliphatic heterocycles. The SMILES string of the molecule is C/C=C\C(COC1=C\CC/C(C)=C(F)/C=N\1)=N/C. The number of ether oxygens (including phenoxy) is 1. The maximum absolute atomic E-state index is 13.4. The maximum Gasteiger partial charge on any atom is 0.209 e. The van der Waals surface area contributed by atoms with Crippen LogP contribution in [0.1, 0.15) is 26.7 Å². The Morgan fingerprint density at radius 2 is 2.39 bits per heavy atom. The molecule has 98 valence electrons. The highest BCUT2D eigenvalue weighted by Crippen LogP contribution is 2.16. The van der Waals surface area contributed by atoms with Gasteiger partial charge in [-0.25, -0.2) is 9.38 Å². The molecule has 1 rings (SSSR count). The van der Waals surface area contributed by atoms with Crippen molar-refractivity contribution >= 4 is 11.9 Å². The van der Waals surface area contributed by atoms with Crippen molar-refractivity contribution in [3.63, 3.8) is 0 Å². The van der Waals surface area contributed by atoms with Crippen LogP contribution >= 0.6 is 0 Å². The molecule has 0 atom stereocenters. The number of hydrogen-bond acceptors (Lipinski definition) is 3. The third kappa shape index (κ3) is 4.65. The van der Waals surface area contributed by atoms with Gasteiger partial charge in [-0.05, 0) is 44.4 Å². The normalized spacial score (nSPS) is 26.4. The number of halogens is 1. The third-order valence-corrected chi connectivity index (χ3v) is 2.57. The molecule has 0 aromatic heterocycles. The molecule has 0 N–H and O–H groups in total. The summed E-state index contributed by atoms with van der Waals surface area (Å²) in [5.74, 6) is 0.172. The standard InChI is InChI=1S/C14H19FN2O/c1-4-6-12(16-3)10-18-14-8-5-7-11(2)13(15)9-17-14/h4,6,8-9H,5,7,10H2,1-3H3/b6-4-,13-11-,14-8-,16-12+,17-9-. The van der Waals surface area contributed by atoms with Gasteiger partial charge in [0.15, 0.2) is 0 Å². The van der Waals surface area contributed by atoms with Gasteiger partial charge in [0.1, 0.15) is 12.4 Å². The smallest absolute Gasteiger partial charge is 0.209 e. The lowest BCUT2D eigenvalue weighted by molar-refractivity contribution is 0.255. The van der Waals surface area contributed by atoms with E-state index in [1.54, 1.807) is 14.0 Å². The first-order chi connectivity index (χ1) is 8.67. The summed E-state index contributed by atoms with van der Waals surface area (Å²) in [7, 11) is 1.71. The Morgan fingerprint density at radius 3 is 3.06 bits per heavy atom. The largest absolute Gasteiger partial charge is 0.471 e. The molecule has 0 amide bonds. The van der Waals surface area contributed by atoms with Gasteiger partial charge >= 0.3 is 0 Å². The van der Waals surface area contributed by atoms with E-state index < -0.39 is 0 Å². The molecule has 0 unspecified atom stereocenters. The van der Waals surface area contributed by atoms with Crippen molar-refractivity contribution in [2.24, 2.45) is 9.98 Å². The average Bonchev–Trinajstić information content (AvgIpc) is 2.37. The van der Waals surface area contributed by atoms with Gasteiger partial charge in [-0.1, -0.05) is 6.08 Å². The van der Waals surface area contributed by atoms with Crippen LogP contribution < -0.4 is 0 Å². The van der Waals surface area contributed by atoms with Crippen LogP contribution in [0.5, 0.6) is 0 Å². The molecule has 4 heteroatoms. The zero-order valence-corrected chi connectivity index (χ0v) is 11.1. The van der Waals surface area contributed by atoms with Crippen molar-refractivity contribution in [3.8, 4) is 0 Å². The highest BCUT2D eigenvalue weighted by molar-refractivity contribution is 5.95. The lowest BCUT2D eigenvalue weighted by Gasteiger charge is -2.08. The van der Waals surface area contributed by atoms with E-state index in [0.717, 1.165) is 17.7 Å². The van der Waals surface area contributed by atoms with E-state index in [0.29, 0.717) is 18.9 Å². The number of allylic oxidation sites excluding steroid dienone is 4. The molecule has 0 saturated carbocycles. The third-order valence-electron chi connectivity index (χ3n) is 2.57. The van der Waals surface area contributed by atoms with Crippen molar-refractivity contribution in [2.75, 3.05) is 13.7 Å². The Kier molecular flexibility index (Phi) is 6.05. The van der Waals surface area contributed by atoms with Crippen LogP contribution in [0, 0.1) is 0 Å². The fourth-order valence-electron chi connectivity index (χ4n) is 1.44. The number of nitrogens with zero attached hydrogens (tertiary/aromatic N) is 2. The van der Waals surface area contributed by atoms with Crippen molar-refractivity contribution in [1.82, 2.24) is 0 Å². The predicted octanol–water partition coefficient (Wildman–Crippen LogP) is 3.60. The van der Waals surface area contributed by atoms with Gasteiger partial charge in [0.25, 0.3) is 0 Å². The second-order valence-electron chi connectivity index (χ2n) is 3.97. The Bertz CT molecular complexity index is 431. The fourth-order valence-corrected chi connectivity index (χ4v) is 1.44. The molecule has 0 aromatic rings. The second-order valence-corrected chi connectivity index (χ2v) is 3.97. The summed E-state index contributed by atoms with van der Waals surface area (Å²) in [6.45, 7) is 4.03. The highest BCUT2D eigenvalue weighted by Gasteiger charge is 2.05. The van der Waals surface area contributed by atoms with Crippen LogP contribution in [0.3, 0.4) is 0 Å². The van der Waals surface area contributed by atoms with E-state index >= 15 is 0 Å². The molecule has 0 aliphatic carbocycles. The predicted molar refractivity (Wildman–Crippen MR) is 73.7 cm³/mol. The minimum absolute atomic E-state index is 0.276. The summed E-state index contributed by atoms with van der Waals surface area (Å²) >= 11 is 0. The van der Waals surface area contributed by atoms with E-state index in [4.69, 9.17) is 4.74 Å². The Morgan fingerprint density at radius 1 is 1.61 bits per heavy atom. The fraction of sp³-hybridized carbons (Fsp3) is 0.429. The van der Waals surface area contributed by atoms with E-state index in [2.05, 4.69) is 9.98 Å². The number of hydrogen-bond donors (Lipinski definition) is 0. The average molecular weight is 250 g/mol. The van der Waals surface area contributed by atoms with Crippen LogP contribution in [0.4, 0.5) is 4.39 Å². The van der Waals surface area contributed by atoms with E-state index in [9.17, 15) is 4.39 Å². The molecular weight excluding hydrogens is 231 g/mol. The minimum atomic E-state index is -0.276. The molecule has 0 radical (unpaired) electrons. The lowest BCUT2D eigenvalue weighted by Crippen LogP contribution is -2.06. The number of aliphatic imine (C=N–C) groups is 2. The van der Waals surface area contributed by atoms with Crippen LogP contribution in [-0.2, 0) is 4.74 Å². The van der Waals surface area contributed by atoms with Gasteiger partial charge in [-0.3, -0.25) is 4.99 Å². The van der Waals surface area contributed by atoms with Crippen LogP contribution in [0.15, 0.2) is 45.5 Å². The van der Waals surface area contributed by atoms with Crippen molar-refractivity contribution < 1.29 is 9.13 Å². The van der Waals surface area contributed by atoms with Gasteiger partial charge < -0.3 is 4.74 Å². The summed E-state index contributed by atoms with van der Waals surface area (Å²) in [4.78, 5) is 8.06. The molecule has 0 fully saturated rings. The van der Waals surface area contributed by atoms with Crippen molar-refractivity contribution in [2.45, 2.75) is 26.7 Å². The van der Waals surface area contributed by atoms with E-state index in [1.807, 2.05) is 25.2 Å². The van der Waals surface area contributed by atoms with Gasteiger partial charge in [0.05, 0.1) is 11.9 Å². The van der Waals surface area contributed by atoms with Gasteiger partial charge in [-0.2, -0.15) is 0 Å². The molecule has 0 aromatic carbocycles. The number of rotatable bonds is 4. The summed E-state index contributed by atoms with van der Waals surface area (Å²) in [5.41, 5.74) is 1.54. The van der Waals surface area contributed by atoms with Gasteiger partial charge in [0, 0.05) is 7.05 Å². The molecular formula is C14H19FN2O. The molecule has 0 spiro atoms. The lowest BCUT2D eigenvalue weighted by atomic mass is 10.1. The zero-order valence-electron chi connectivity index (χ0n) is 11.1. The topological polar surface area (TPSA) is 34.0 Å². The summed E-state index contributed by atoms with van der Waals surface area (Å²) < 4.78 is 18.9. The summed E-state index contributed by atoms with van der Waals surface area (Å²) in [5, 5.41) is 0. The first-order valence-corrected chi connectivity index (χ1v) is 5.98. The van der Waals surface area contributed by atoms with Crippen LogP contribution in [0.25, 0.3) is 0 Å². The minimum Gasteiger partial charge on any atom is -0.471 e. The van der Waals surface area contributed by atoms with Crippen molar-refractivity contribution in [1.29, 1.82) is 0 Å². The Labute approximate surface area is 107 Å².